The third-order valence-corrected chi connectivity index (χ3v) is 6.88. The zero-order valence-electron chi connectivity index (χ0n) is 12.7. The molecule has 2 aliphatic heterocycles. The van der Waals surface area contributed by atoms with Crippen LogP contribution in [0.2, 0.25) is 0 Å². The molecule has 3 heterocycles. The molecule has 2 aromatic rings. The molecule has 2 atom stereocenters. The highest BCUT2D eigenvalue weighted by Crippen LogP contribution is 2.40. The highest BCUT2D eigenvalue weighted by molar-refractivity contribution is 9.10. The van der Waals surface area contributed by atoms with Crippen LogP contribution in [0.3, 0.4) is 0 Å². The molecule has 4 rings (SSSR count). The van der Waals surface area contributed by atoms with Gasteiger partial charge in [0.05, 0.1) is 15.4 Å². The second-order valence-electron chi connectivity index (χ2n) is 6.12. The molecule has 0 bridgehead atoms. The number of halogens is 3. The van der Waals surface area contributed by atoms with E-state index in [-0.39, 0.29) is 11.5 Å². The fourth-order valence-electron chi connectivity index (χ4n) is 3.58. The fourth-order valence-corrected chi connectivity index (χ4v) is 5.37. The summed E-state index contributed by atoms with van der Waals surface area (Å²) < 4.78 is 31.7. The summed E-state index contributed by atoms with van der Waals surface area (Å²) in [4.78, 5) is 3.32. The average Bonchev–Trinajstić information content (AvgIpc) is 3.13. The van der Waals surface area contributed by atoms with Gasteiger partial charge in [-0.05, 0) is 46.7 Å². The van der Waals surface area contributed by atoms with Crippen LogP contribution in [-0.4, -0.2) is 28.4 Å². The van der Waals surface area contributed by atoms with Gasteiger partial charge in [0.25, 0.3) is 0 Å². The van der Waals surface area contributed by atoms with Gasteiger partial charge in [-0.3, -0.25) is 0 Å². The number of H-pyrrole nitrogens is 1. The lowest BCUT2D eigenvalue weighted by molar-refractivity contribution is 0.509. The Kier molecular flexibility index (Phi) is 4.57. The van der Waals surface area contributed by atoms with Crippen LogP contribution in [0.5, 0.6) is 0 Å². The van der Waals surface area contributed by atoms with Gasteiger partial charge in [-0.1, -0.05) is 0 Å². The first-order valence-electron chi connectivity index (χ1n) is 7.83. The van der Waals surface area contributed by atoms with E-state index in [1.165, 1.54) is 12.1 Å². The van der Waals surface area contributed by atoms with Gasteiger partial charge in [0.15, 0.2) is 4.77 Å². The predicted molar refractivity (Wildman–Crippen MR) is 98.2 cm³/mol. The summed E-state index contributed by atoms with van der Waals surface area (Å²) in [6.45, 7) is 2.41. The highest BCUT2D eigenvalue weighted by Gasteiger charge is 2.33. The van der Waals surface area contributed by atoms with Crippen LogP contribution in [-0.2, 0) is 13.0 Å². The van der Waals surface area contributed by atoms with Crippen molar-refractivity contribution in [1.82, 2.24) is 14.9 Å². The minimum atomic E-state index is -0.504. The molecule has 0 spiro atoms. The van der Waals surface area contributed by atoms with E-state index in [1.807, 2.05) is 16.3 Å². The smallest absolute Gasteiger partial charge is 0.177 e. The van der Waals surface area contributed by atoms with Crippen LogP contribution in [0.4, 0.5) is 8.78 Å². The first-order chi connectivity index (χ1) is 11.6. The molecular weight excluding hydrogens is 416 g/mol. The van der Waals surface area contributed by atoms with Gasteiger partial charge in [0.1, 0.15) is 11.6 Å². The second kappa shape index (κ2) is 6.55. The number of hydrogen-bond donors (Lipinski definition) is 2. The van der Waals surface area contributed by atoms with Gasteiger partial charge < -0.3 is 14.9 Å². The van der Waals surface area contributed by atoms with Crippen LogP contribution in [0.1, 0.15) is 28.1 Å². The lowest BCUT2D eigenvalue weighted by Crippen LogP contribution is -2.28. The van der Waals surface area contributed by atoms with E-state index in [0.717, 1.165) is 30.2 Å². The van der Waals surface area contributed by atoms with Gasteiger partial charge in [-0.25, -0.2) is 8.78 Å². The minimum Gasteiger partial charge on any atom is -0.333 e. The molecule has 1 saturated heterocycles. The molecule has 2 N–H and O–H groups in total. The number of aromatic amines is 1. The van der Waals surface area contributed by atoms with E-state index >= 15 is 0 Å². The van der Waals surface area contributed by atoms with Crippen LogP contribution < -0.4 is 5.32 Å². The molecule has 2 aliphatic rings. The van der Waals surface area contributed by atoms with Crippen LogP contribution >= 0.6 is 39.9 Å². The van der Waals surface area contributed by atoms with Crippen molar-refractivity contribution in [2.45, 2.75) is 24.1 Å². The average molecular weight is 432 g/mol. The number of hydrogen-bond acceptors (Lipinski definition) is 3. The summed E-state index contributed by atoms with van der Waals surface area (Å²) in [6.07, 6.45) is 0.601. The van der Waals surface area contributed by atoms with Gasteiger partial charge >= 0.3 is 0 Å². The van der Waals surface area contributed by atoms with Crippen molar-refractivity contribution in [3.05, 3.63) is 50.0 Å². The molecule has 8 heteroatoms. The quantitative estimate of drug-likeness (QED) is 0.548. The third-order valence-electron chi connectivity index (χ3n) is 4.70. The number of nitrogens with one attached hydrogen (secondary N) is 2. The van der Waals surface area contributed by atoms with E-state index in [2.05, 4.69) is 26.2 Å². The maximum Gasteiger partial charge on any atom is 0.177 e. The summed E-state index contributed by atoms with van der Waals surface area (Å²) in [5, 5.41) is 3.70. The Morgan fingerprint density at radius 1 is 1.33 bits per heavy atom. The van der Waals surface area contributed by atoms with Crippen LogP contribution in [0, 0.1) is 16.4 Å². The van der Waals surface area contributed by atoms with E-state index in [9.17, 15) is 8.78 Å². The fraction of sp³-hybridized carbons (Fsp3) is 0.438. The molecule has 0 amide bonds. The third kappa shape index (κ3) is 2.77. The number of benzene rings is 1. The molecule has 0 aliphatic carbocycles. The second-order valence-corrected chi connectivity index (χ2v) is 8.67. The van der Waals surface area contributed by atoms with Gasteiger partial charge in [-0.15, -0.1) is 11.8 Å². The Hall–Kier alpha value is -0.700. The Balaban J connectivity index is 1.70. The maximum absolute atomic E-state index is 14.5. The molecule has 0 radical (unpaired) electrons. The Morgan fingerprint density at radius 2 is 2.17 bits per heavy atom. The normalized spacial score (nSPS) is 23.5. The maximum atomic E-state index is 14.5. The Labute approximate surface area is 156 Å². The van der Waals surface area contributed by atoms with Crippen molar-refractivity contribution in [3.8, 4) is 0 Å². The van der Waals surface area contributed by atoms with E-state index in [4.69, 9.17) is 12.2 Å². The summed E-state index contributed by atoms with van der Waals surface area (Å²) >= 11 is 10.5. The summed E-state index contributed by atoms with van der Waals surface area (Å²) in [7, 11) is 0. The van der Waals surface area contributed by atoms with Crippen molar-refractivity contribution in [2.75, 3.05) is 18.8 Å². The van der Waals surface area contributed by atoms with Crippen molar-refractivity contribution in [3.63, 3.8) is 0 Å². The SMILES string of the molecule is Fc1ccc(Br)c(F)c1C1Cc2c([C@@H]3CNCCS3)[nH]c(=S)n2C1. The van der Waals surface area contributed by atoms with Crippen molar-refractivity contribution in [1.29, 1.82) is 0 Å². The van der Waals surface area contributed by atoms with Gasteiger partial charge in [-0.2, -0.15) is 0 Å². The van der Waals surface area contributed by atoms with Crippen molar-refractivity contribution < 1.29 is 8.78 Å². The van der Waals surface area contributed by atoms with Crippen molar-refractivity contribution in [2.24, 2.45) is 0 Å². The molecule has 128 valence electrons. The number of thioether (sulfide) groups is 1. The zero-order valence-corrected chi connectivity index (χ0v) is 16.0. The summed E-state index contributed by atoms with van der Waals surface area (Å²) in [5.74, 6) is -0.171. The number of imidazole rings is 1. The van der Waals surface area contributed by atoms with Crippen molar-refractivity contribution >= 4 is 39.9 Å². The molecule has 1 fully saturated rings. The highest BCUT2D eigenvalue weighted by atomic mass is 79.9. The van der Waals surface area contributed by atoms with E-state index < -0.39 is 11.6 Å². The molecule has 3 nitrogen and oxygen atoms in total. The molecular formula is C16H16BrF2N3S2. The lowest BCUT2D eigenvalue weighted by atomic mass is 9.95. The first-order valence-corrected chi connectivity index (χ1v) is 10.1. The van der Waals surface area contributed by atoms with Gasteiger partial charge in [0, 0.05) is 42.6 Å². The monoisotopic (exact) mass is 431 g/mol. The molecule has 0 saturated carbocycles. The standard InChI is InChI=1S/C16H16BrF2N3S2/c17-9-1-2-10(18)13(14(9)19)8-5-11-15(12-6-20-3-4-24-12)21-16(23)22(11)7-8/h1-2,8,12,20H,3-7H2,(H,21,23)/t8?,12-/m0/s1. The minimum absolute atomic E-state index is 0.155. The molecule has 1 unspecified atom stereocenters. The van der Waals surface area contributed by atoms with E-state index in [1.54, 1.807) is 0 Å². The predicted octanol–water partition coefficient (Wildman–Crippen LogP) is 4.30. The Bertz CT molecular complexity index is 843. The van der Waals surface area contributed by atoms with Crippen LogP contribution in [0.15, 0.2) is 16.6 Å². The molecule has 1 aromatic carbocycles. The van der Waals surface area contributed by atoms with E-state index in [0.29, 0.717) is 27.5 Å². The topological polar surface area (TPSA) is 32.8 Å². The number of nitrogens with zero attached hydrogens (tertiary/aromatic N) is 1. The summed E-state index contributed by atoms with van der Waals surface area (Å²) in [6, 6.07) is 2.73. The largest absolute Gasteiger partial charge is 0.333 e. The number of rotatable bonds is 2. The Morgan fingerprint density at radius 3 is 2.92 bits per heavy atom. The number of aromatic nitrogens is 2. The molecule has 24 heavy (non-hydrogen) atoms. The molecule has 1 aromatic heterocycles. The van der Waals surface area contributed by atoms with Gasteiger partial charge in [0.2, 0.25) is 0 Å². The number of fused-ring (bicyclic) bond motifs is 1. The first kappa shape index (κ1) is 16.8. The summed E-state index contributed by atoms with van der Waals surface area (Å²) in [5.41, 5.74) is 2.35. The zero-order chi connectivity index (χ0) is 16.8. The lowest BCUT2D eigenvalue weighted by Gasteiger charge is -2.22. The van der Waals surface area contributed by atoms with Crippen LogP contribution in [0.25, 0.3) is 0 Å².